The molecule has 8 heteroatoms. The molecule has 0 aliphatic carbocycles. The zero-order chi connectivity index (χ0) is 21.8. The predicted octanol–water partition coefficient (Wildman–Crippen LogP) is 3.73. The predicted molar refractivity (Wildman–Crippen MR) is 124 cm³/mol. The van der Waals surface area contributed by atoms with E-state index in [2.05, 4.69) is 31.6 Å². The number of para-hydroxylation sites is 2. The molecule has 3 N–H and O–H groups in total. The van der Waals surface area contributed by atoms with Crippen molar-refractivity contribution in [3.63, 3.8) is 0 Å². The third kappa shape index (κ3) is 4.54. The quantitative estimate of drug-likeness (QED) is 0.491. The van der Waals surface area contributed by atoms with E-state index < -0.39 is 0 Å². The first-order valence-electron chi connectivity index (χ1n) is 10.1. The number of carbonyl (C=O) groups is 1. The second kappa shape index (κ2) is 9.18. The number of carbonyl (C=O) groups excluding carboxylic acids is 1. The number of thiocarbonyl (C=S) groups is 1. The van der Waals surface area contributed by atoms with E-state index in [9.17, 15) is 4.79 Å². The SMILES string of the molecule is COc1ccccc1NC(=O)CCN1C(=S)N[C@@H](c2ccccn2)[C@H]1c1ccc(C)[nH]1. The number of aromatic nitrogens is 2. The van der Waals surface area contributed by atoms with Gasteiger partial charge >= 0.3 is 0 Å². The average molecular weight is 436 g/mol. The number of anilines is 1. The Balaban J connectivity index is 1.52. The number of H-pyrrole nitrogens is 1. The Labute approximate surface area is 186 Å². The van der Waals surface area contributed by atoms with Crippen LogP contribution in [-0.2, 0) is 4.79 Å². The fourth-order valence-corrected chi connectivity index (χ4v) is 4.20. The second-order valence-electron chi connectivity index (χ2n) is 7.42. The Morgan fingerprint density at radius 3 is 2.71 bits per heavy atom. The molecule has 0 saturated carbocycles. The molecule has 3 heterocycles. The Bertz CT molecular complexity index is 1070. The molecule has 1 fully saturated rings. The fourth-order valence-electron chi connectivity index (χ4n) is 3.87. The molecule has 0 bridgehead atoms. The Morgan fingerprint density at radius 2 is 2.00 bits per heavy atom. The molecule has 1 saturated heterocycles. The zero-order valence-electron chi connectivity index (χ0n) is 17.5. The van der Waals surface area contributed by atoms with Gasteiger partial charge in [0, 0.05) is 30.6 Å². The summed E-state index contributed by atoms with van der Waals surface area (Å²) < 4.78 is 5.31. The highest BCUT2D eigenvalue weighted by Crippen LogP contribution is 2.38. The number of rotatable bonds is 7. The molecular formula is C23H25N5O2S. The number of nitrogens with zero attached hydrogens (tertiary/aromatic N) is 2. The van der Waals surface area contributed by atoms with Gasteiger partial charge in [-0.2, -0.15) is 0 Å². The number of amides is 1. The highest BCUT2D eigenvalue weighted by molar-refractivity contribution is 7.80. The van der Waals surface area contributed by atoms with E-state index in [4.69, 9.17) is 17.0 Å². The third-order valence-electron chi connectivity index (χ3n) is 5.33. The summed E-state index contributed by atoms with van der Waals surface area (Å²) in [6.45, 7) is 2.49. The zero-order valence-corrected chi connectivity index (χ0v) is 18.3. The van der Waals surface area contributed by atoms with Crippen LogP contribution in [0.15, 0.2) is 60.8 Å². The molecule has 31 heavy (non-hydrogen) atoms. The van der Waals surface area contributed by atoms with Gasteiger partial charge < -0.3 is 25.3 Å². The van der Waals surface area contributed by atoms with Gasteiger partial charge in [0.05, 0.1) is 30.6 Å². The first kappa shape index (κ1) is 20.9. The number of methoxy groups -OCH3 is 1. The molecule has 1 aromatic carbocycles. The Kier molecular flexibility index (Phi) is 6.18. The van der Waals surface area contributed by atoms with Gasteiger partial charge in [-0.25, -0.2) is 0 Å². The van der Waals surface area contributed by atoms with E-state index in [0.29, 0.717) is 23.1 Å². The molecule has 0 unspecified atom stereocenters. The number of pyridine rings is 1. The summed E-state index contributed by atoms with van der Waals surface area (Å²) >= 11 is 5.64. The normalized spacial score (nSPS) is 18.0. The summed E-state index contributed by atoms with van der Waals surface area (Å²) in [6, 6.07) is 17.1. The van der Waals surface area contributed by atoms with Crippen molar-refractivity contribution in [1.82, 2.24) is 20.2 Å². The van der Waals surface area contributed by atoms with Crippen molar-refractivity contribution in [3.05, 3.63) is 77.9 Å². The monoisotopic (exact) mass is 435 g/mol. The average Bonchev–Trinajstić information content (AvgIpc) is 3.35. The molecular weight excluding hydrogens is 410 g/mol. The maximum Gasteiger partial charge on any atom is 0.226 e. The molecule has 3 aromatic rings. The van der Waals surface area contributed by atoms with Gasteiger partial charge in [0.1, 0.15) is 5.75 Å². The summed E-state index contributed by atoms with van der Waals surface area (Å²) in [4.78, 5) is 22.7. The molecule has 0 spiro atoms. The number of hydrogen-bond acceptors (Lipinski definition) is 4. The minimum Gasteiger partial charge on any atom is -0.495 e. The lowest BCUT2D eigenvalue weighted by Crippen LogP contribution is -2.32. The van der Waals surface area contributed by atoms with Crippen LogP contribution in [0.2, 0.25) is 0 Å². The molecule has 1 amide bonds. The van der Waals surface area contributed by atoms with Crippen LogP contribution in [0.1, 0.15) is 35.6 Å². The minimum atomic E-state index is -0.107. The Morgan fingerprint density at radius 1 is 1.19 bits per heavy atom. The van der Waals surface area contributed by atoms with Crippen LogP contribution >= 0.6 is 12.2 Å². The largest absolute Gasteiger partial charge is 0.495 e. The maximum atomic E-state index is 12.7. The van der Waals surface area contributed by atoms with Crippen LogP contribution in [0.3, 0.4) is 0 Å². The number of nitrogens with one attached hydrogen (secondary N) is 3. The van der Waals surface area contributed by atoms with Gasteiger partial charge in [-0.05, 0) is 55.5 Å². The standard InChI is InChI=1S/C23H25N5O2S/c1-15-10-11-18(25-15)22-21(17-8-5-6-13-24-17)27-23(31)28(22)14-12-20(29)26-16-7-3-4-9-19(16)30-2/h3-11,13,21-22,25H,12,14H2,1-2H3,(H,26,29)(H,27,31)/t21-,22+/m0/s1. The van der Waals surface area contributed by atoms with Crippen molar-refractivity contribution in [2.45, 2.75) is 25.4 Å². The van der Waals surface area contributed by atoms with E-state index in [1.165, 1.54) is 0 Å². The van der Waals surface area contributed by atoms with Crippen LogP contribution in [-0.4, -0.2) is 39.5 Å². The minimum absolute atomic E-state index is 0.0878. The molecule has 1 aliphatic rings. The first-order valence-corrected chi connectivity index (χ1v) is 10.5. The van der Waals surface area contributed by atoms with Crippen LogP contribution < -0.4 is 15.4 Å². The van der Waals surface area contributed by atoms with Gasteiger partial charge in [-0.3, -0.25) is 9.78 Å². The van der Waals surface area contributed by atoms with Gasteiger partial charge in [0.25, 0.3) is 0 Å². The van der Waals surface area contributed by atoms with Crippen LogP contribution in [0.4, 0.5) is 5.69 Å². The van der Waals surface area contributed by atoms with Gasteiger partial charge in [0.2, 0.25) is 5.91 Å². The maximum absolute atomic E-state index is 12.7. The summed E-state index contributed by atoms with van der Waals surface area (Å²) in [5.41, 5.74) is 3.66. The van der Waals surface area contributed by atoms with E-state index in [0.717, 1.165) is 17.1 Å². The molecule has 4 rings (SSSR count). The Hall–Kier alpha value is -3.39. The molecule has 7 nitrogen and oxygen atoms in total. The number of hydrogen-bond donors (Lipinski definition) is 3. The molecule has 1 aliphatic heterocycles. The number of aryl methyl sites for hydroxylation is 1. The van der Waals surface area contributed by atoms with Crippen LogP contribution in [0.25, 0.3) is 0 Å². The van der Waals surface area contributed by atoms with E-state index >= 15 is 0 Å². The number of benzene rings is 1. The number of aromatic amines is 1. The summed E-state index contributed by atoms with van der Waals surface area (Å²) in [6.07, 6.45) is 2.06. The summed E-state index contributed by atoms with van der Waals surface area (Å²) in [5.74, 6) is 0.527. The van der Waals surface area contributed by atoms with Crippen LogP contribution in [0, 0.1) is 6.92 Å². The summed E-state index contributed by atoms with van der Waals surface area (Å²) in [5, 5.41) is 6.93. The number of ether oxygens (including phenoxy) is 1. The van der Waals surface area contributed by atoms with Gasteiger partial charge in [-0.15, -0.1) is 0 Å². The van der Waals surface area contributed by atoms with E-state index in [1.54, 1.807) is 13.3 Å². The molecule has 2 atom stereocenters. The highest BCUT2D eigenvalue weighted by Gasteiger charge is 2.40. The lowest BCUT2D eigenvalue weighted by Gasteiger charge is -2.26. The lowest BCUT2D eigenvalue weighted by molar-refractivity contribution is -0.116. The van der Waals surface area contributed by atoms with Gasteiger partial charge in [0.15, 0.2) is 5.11 Å². The molecule has 2 aromatic heterocycles. The second-order valence-corrected chi connectivity index (χ2v) is 7.80. The van der Waals surface area contributed by atoms with Crippen molar-refractivity contribution < 1.29 is 9.53 Å². The van der Waals surface area contributed by atoms with Crippen molar-refractivity contribution >= 4 is 28.9 Å². The fraction of sp³-hybridized carbons (Fsp3) is 0.261. The first-order chi connectivity index (χ1) is 15.1. The smallest absolute Gasteiger partial charge is 0.226 e. The van der Waals surface area contributed by atoms with Crippen LogP contribution in [0.5, 0.6) is 5.75 Å². The van der Waals surface area contributed by atoms with Gasteiger partial charge in [-0.1, -0.05) is 18.2 Å². The molecule has 0 radical (unpaired) electrons. The van der Waals surface area contributed by atoms with E-state index in [-0.39, 0.29) is 24.4 Å². The van der Waals surface area contributed by atoms with Crippen molar-refractivity contribution in [3.8, 4) is 5.75 Å². The third-order valence-corrected chi connectivity index (χ3v) is 5.68. The van der Waals surface area contributed by atoms with E-state index in [1.807, 2.05) is 55.5 Å². The topological polar surface area (TPSA) is 82.3 Å². The molecule has 160 valence electrons. The lowest BCUT2D eigenvalue weighted by atomic mass is 10.0. The van der Waals surface area contributed by atoms with Crippen molar-refractivity contribution in [2.75, 3.05) is 19.0 Å². The van der Waals surface area contributed by atoms with Crippen molar-refractivity contribution in [2.24, 2.45) is 0 Å². The van der Waals surface area contributed by atoms with Crippen molar-refractivity contribution in [1.29, 1.82) is 0 Å². The highest BCUT2D eigenvalue weighted by atomic mass is 32.1. The summed E-state index contributed by atoms with van der Waals surface area (Å²) in [7, 11) is 1.58.